The van der Waals surface area contributed by atoms with Gasteiger partial charge in [0, 0.05) is 30.1 Å². The molecule has 1 saturated heterocycles. The molecule has 4 rings (SSSR count). The predicted molar refractivity (Wildman–Crippen MR) is 86.1 cm³/mol. The van der Waals surface area contributed by atoms with Crippen LogP contribution in [-0.4, -0.2) is 40.1 Å². The molecule has 1 aliphatic heterocycles. The second-order valence-corrected chi connectivity index (χ2v) is 6.25. The molecule has 2 aliphatic rings. The molecule has 0 radical (unpaired) electrons. The van der Waals surface area contributed by atoms with Gasteiger partial charge >= 0.3 is 0 Å². The Labute approximate surface area is 134 Å². The van der Waals surface area contributed by atoms with E-state index in [1.807, 2.05) is 12.1 Å². The molecule has 23 heavy (non-hydrogen) atoms. The number of pyridine rings is 1. The number of hydrogen-bond donors (Lipinski definition) is 1. The van der Waals surface area contributed by atoms with Gasteiger partial charge in [-0.25, -0.2) is 4.68 Å². The van der Waals surface area contributed by atoms with E-state index in [0.717, 1.165) is 11.3 Å². The van der Waals surface area contributed by atoms with E-state index in [2.05, 4.69) is 15.4 Å². The van der Waals surface area contributed by atoms with Crippen LogP contribution in [0.25, 0.3) is 11.3 Å². The fraction of sp³-hybridized carbons (Fsp3) is 0.471. The van der Waals surface area contributed by atoms with Gasteiger partial charge in [-0.15, -0.1) is 0 Å². The van der Waals surface area contributed by atoms with Crippen molar-refractivity contribution in [2.75, 3.05) is 13.2 Å². The minimum absolute atomic E-state index is 0.0558. The van der Waals surface area contributed by atoms with Crippen molar-refractivity contribution in [3.8, 4) is 11.3 Å². The minimum Gasteiger partial charge on any atom is -0.377 e. The van der Waals surface area contributed by atoms with Gasteiger partial charge in [0.05, 0.1) is 31.0 Å². The van der Waals surface area contributed by atoms with Crippen molar-refractivity contribution in [1.29, 1.82) is 0 Å². The van der Waals surface area contributed by atoms with Crippen molar-refractivity contribution in [2.45, 2.75) is 37.4 Å². The maximum atomic E-state index is 12.3. The zero-order chi connectivity index (χ0) is 15.6. The molecule has 6 nitrogen and oxygen atoms in total. The molecule has 2 fully saturated rings. The number of aromatic nitrogens is 3. The monoisotopic (exact) mass is 312 g/mol. The molecule has 1 N–H and O–H groups in total. The van der Waals surface area contributed by atoms with Gasteiger partial charge in [-0.2, -0.15) is 5.10 Å². The SMILES string of the molecule is O=c1ccc(-c2cccnc2)nn1C1COCC1NC1CCC1. The molecular formula is C17H20N4O2. The lowest BCUT2D eigenvalue weighted by Crippen LogP contribution is -2.48. The number of nitrogens with zero attached hydrogens (tertiary/aromatic N) is 3. The van der Waals surface area contributed by atoms with Crippen LogP contribution in [0.3, 0.4) is 0 Å². The van der Waals surface area contributed by atoms with Crippen LogP contribution in [0.4, 0.5) is 0 Å². The summed E-state index contributed by atoms with van der Waals surface area (Å²) in [5.74, 6) is 0. The first-order valence-electron chi connectivity index (χ1n) is 8.15. The fourth-order valence-electron chi connectivity index (χ4n) is 3.15. The summed E-state index contributed by atoms with van der Waals surface area (Å²) in [5.41, 5.74) is 1.57. The largest absolute Gasteiger partial charge is 0.377 e. The van der Waals surface area contributed by atoms with Crippen LogP contribution in [0.2, 0.25) is 0 Å². The zero-order valence-corrected chi connectivity index (χ0v) is 12.9. The van der Waals surface area contributed by atoms with E-state index in [-0.39, 0.29) is 17.6 Å². The van der Waals surface area contributed by atoms with Gasteiger partial charge in [0.2, 0.25) is 0 Å². The Morgan fingerprint density at radius 1 is 1.22 bits per heavy atom. The van der Waals surface area contributed by atoms with Crippen LogP contribution < -0.4 is 10.9 Å². The standard InChI is InChI=1S/C17H20N4O2/c22-17-7-6-14(12-3-2-8-18-9-12)20-21(17)16-11-23-10-15(16)19-13-4-1-5-13/h2-3,6-9,13,15-16,19H,1,4-5,10-11H2. The minimum atomic E-state index is -0.0893. The molecule has 2 aromatic heterocycles. The second kappa shape index (κ2) is 6.22. The Kier molecular flexibility index (Phi) is 3.93. The summed E-state index contributed by atoms with van der Waals surface area (Å²) in [7, 11) is 0. The Morgan fingerprint density at radius 2 is 2.13 bits per heavy atom. The molecule has 0 spiro atoms. The topological polar surface area (TPSA) is 69.0 Å². The number of rotatable bonds is 4. The summed E-state index contributed by atoms with van der Waals surface area (Å²) in [6.07, 6.45) is 7.18. The Balaban J connectivity index is 1.63. The number of nitrogens with one attached hydrogen (secondary N) is 1. The first-order valence-corrected chi connectivity index (χ1v) is 8.15. The molecule has 6 heteroatoms. The Hall–Kier alpha value is -2.05. The molecular weight excluding hydrogens is 292 g/mol. The summed E-state index contributed by atoms with van der Waals surface area (Å²) in [4.78, 5) is 16.4. The summed E-state index contributed by atoms with van der Waals surface area (Å²) >= 11 is 0. The van der Waals surface area contributed by atoms with Gasteiger partial charge < -0.3 is 10.1 Å². The summed E-state index contributed by atoms with van der Waals surface area (Å²) in [6.45, 7) is 1.15. The van der Waals surface area contributed by atoms with Gasteiger partial charge in [-0.3, -0.25) is 9.78 Å². The van der Waals surface area contributed by atoms with Crippen molar-refractivity contribution >= 4 is 0 Å². The van der Waals surface area contributed by atoms with Gasteiger partial charge in [-0.1, -0.05) is 6.42 Å². The summed E-state index contributed by atoms with van der Waals surface area (Å²) in [6, 6.07) is 7.79. The van der Waals surface area contributed by atoms with Crippen molar-refractivity contribution in [2.24, 2.45) is 0 Å². The summed E-state index contributed by atoms with van der Waals surface area (Å²) in [5, 5.41) is 8.18. The van der Waals surface area contributed by atoms with Crippen molar-refractivity contribution in [1.82, 2.24) is 20.1 Å². The fourth-order valence-corrected chi connectivity index (χ4v) is 3.15. The lowest BCUT2D eigenvalue weighted by atomic mass is 9.92. The second-order valence-electron chi connectivity index (χ2n) is 6.25. The molecule has 2 unspecified atom stereocenters. The zero-order valence-electron chi connectivity index (χ0n) is 12.9. The van der Waals surface area contributed by atoms with Gasteiger partial charge in [-0.05, 0) is 31.0 Å². The molecule has 0 amide bonds. The summed E-state index contributed by atoms with van der Waals surface area (Å²) < 4.78 is 7.19. The predicted octanol–water partition coefficient (Wildman–Crippen LogP) is 1.39. The third-order valence-electron chi connectivity index (χ3n) is 4.70. The lowest BCUT2D eigenvalue weighted by molar-refractivity contribution is 0.178. The lowest BCUT2D eigenvalue weighted by Gasteiger charge is -2.31. The molecule has 3 heterocycles. The smallest absolute Gasteiger partial charge is 0.267 e. The average molecular weight is 312 g/mol. The van der Waals surface area contributed by atoms with Crippen LogP contribution in [-0.2, 0) is 4.74 Å². The normalized spacial score (nSPS) is 24.5. The highest BCUT2D eigenvalue weighted by atomic mass is 16.5. The molecule has 0 bridgehead atoms. The van der Waals surface area contributed by atoms with E-state index in [1.54, 1.807) is 29.2 Å². The van der Waals surface area contributed by atoms with Crippen molar-refractivity contribution < 1.29 is 4.74 Å². The van der Waals surface area contributed by atoms with E-state index < -0.39 is 0 Å². The first kappa shape index (κ1) is 14.5. The van der Waals surface area contributed by atoms with Crippen molar-refractivity contribution in [3.05, 3.63) is 47.0 Å². The Bertz CT molecular complexity index is 727. The van der Waals surface area contributed by atoms with E-state index in [9.17, 15) is 4.79 Å². The van der Waals surface area contributed by atoms with Gasteiger partial charge in [0.1, 0.15) is 0 Å². The average Bonchev–Trinajstić information content (AvgIpc) is 3.00. The maximum Gasteiger partial charge on any atom is 0.267 e. The quantitative estimate of drug-likeness (QED) is 0.924. The highest BCUT2D eigenvalue weighted by Gasteiger charge is 2.34. The molecule has 1 saturated carbocycles. The Morgan fingerprint density at radius 3 is 2.87 bits per heavy atom. The van der Waals surface area contributed by atoms with Crippen LogP contribution in [0.15, 0.2) is 41.5 Å². The highest BCUT2D eigenvalue weighted by molar-refractivity contribution is 5.56. The van der Waals surface area contributed by atoms with E-state index >= 15 is 0 Å². The first-order chi connectivity index (χ1) is 11.3. The number of hydrogen-bond acceptors (Lipinski definition) is 5. The third-order valence-corrected chi connectivity index (χ3v) is 4.70. The highest BCUT2D eigenvalue weighted by Crippen LogP contribution is 2.24. The van der Waals surface area contributed by atoms with E-state index in [0.29, 0.717) is 19.3 Å². The van der Waals surface area contributed by atoms with Gasteiger partial charge in [0.25, 0.3) is 5.56 Å². The van der Waals surface area contributed by atoms with Gasteiger partial charge in [0.15, 0.2) is 0 Å². The van der Waals surface area contributed by atoms with E-state index in [4.69, 9.17) is 4.74 Å². The molecule has 0 aromatic carbocycles. The van der Waals surface area contributed by atoms with Crippen LogP contribution in [0, 0.1) is 0 Å². The third kappa shape index (κ3) is 2.92. The van der Waals surface area contributed by atoms with Crippen LogP contribution in [0.5, 0.6) is 0 Å². The maximum absolute atomic E-state index is 12.3. The molecule has 120 valence electrons. The van der Waals surface area contributed by atoms with E-state index in [1.165, 1.54) is 19.3 Å². The molecule has 2 aromatic rings. The van der Waals surface area contributed by atoms with Crippen LogP contribution >= 0.6 is 0 Å². The van der Waals surface area contributed by atoms with Crippen LogP contribution in [0.1, 0.15) is 25.3 Å². The molecule has 1 aliphatic carbocycles. The van der Waals surface area contributed by atoms with Crippen molar-refractivity contribution in [3.63, 3.8) is 0 Å². The molecule has 2 atom stereocenters. The number of ether oxygens (including phenoxy) is 1.